The molecule has 6 aliphatic rings. The Morgan fingerprint density at radius 2 is 0.852 bits per heavy atom. The van der Waals surface area contributed by atoms with E-state index in [1.54, 1.807) is 4.90 Å². The standard InChI is InChI=1S/C84H127N12O38P/c1-124-135(122,123)130-31-12-3-2-10-24-85-61(104)22-23-62(105)95-40-45-13-6-7-14-49(45)63-64(50-15-8-9-16-53(50)95)96(94-93-63)30-11-4-5-17-58(101)86-25-32-125-48-38-46(77(118)91-51(79(120)89-28-35-128-83-75(116)71(112)67(108)56(43-99)133-83)18-20-59(102)87-26-33-126-81-73(114)69(110)65(106)54(41-97)131-81)37-47(39-48)78(119)92-52(80(121)90-29-36-129-84-76(117)72(113)68(109)57(44-100)134-84)19-21-60(103)88-27-34-127-82-74(115)70(111)66(107)55(42-98)132-82/h6-9,13-16,37-39,51-52,54-57,65-76,81-84,93-94,97-100,106-117H,2-5,10-12,17-36,40-44H2,1H3,(H,85,104)(H,86,101)(H,87,102)(H,88,103)(H,89,120)(H,90,121)(H,91,118)(H,92,119)(H,122,123)/t51?,52?,54?,55?,56?,57?,65-,66-,67-,68-,69+,70+,71+,72+,73?,74?,75?,76?,81-,82-,83+,84+/m1/s1. The van der Waals surface area contributed by atoms with Crippen molar-refractivity contribution >= 4 is 78.1 Å². The first-order chi connectivity index (χ1) is 64.7. The number of phosphoric ester groups is 1. The number of hydrazine groups is 2. The number of rotatable bonds is 54. The molecule has 3 aromatic rings. The highest BCUT2D eigenvalue weighted by molar-refractivity contribution is 7.47. The van der Waals surface area contributed by atoms with Crippen LogP contribution in [0.5, 0.6) is 5.75 Å². The SMILES string of the molecule is COP(=O)(O)OCCCCCCNC(=O)CCC(=O)N1Cc2ccccc2C2=C(c3ccccc31)N(CCCCCC(=O)NCCOc1cc(C(=O)NC(CCC(=O)NCCO[C@@H]3OC(CO)[C@@H](O)[C@H](O)C3O)C(=O)NCCO[C@H]3OC(CO)[C@@H](O)[C@H](O)C3O)cc(C(=O)NC(CCC(=O)NCCO[C@@H]3OC(CO)[C@@H](O)[C@H](O)C3O)C(=O)NCCO[C@H]3OC(CO)[C@@H](O)[C@H](O)C3O)c1)NN2. The van der Waals surface area contributed by atoms with Gasteiger partial charge in [0.2, 0.25) is 41.4 Å². The number of anilines is 1. The van der Waals surface area contributed by atoms with E-state index >= 15 is 0 Å². The zero-order chi connectivity index (χ0) is 98.0. The lowest BCUT2D eigenvalue weighted by Gasteiger charge is -2.39. The van der Waals surface area contributed by atoms with Gasteiger partial charge in [-0.1, -0.05) is 61.7 Å². The van der Waals surface area contributed by atoms with Crippen LogP contribution in [0.4, 0.5) is 5.69 Å². The quantitative estimate of drug-likeness (QED) is 0.0184. The molecule has 11 unspecified atom stereocenters. The maximum absolute atomic E-state index is 14.8. The molecule has 0 aliphatic carbocycles. The molecule has 0 aromatic heterocycles. The molecule has 0 radical (unpaired) electrons. The Labute approximate surface area is 775 Å². The summed E-state index contributed by atoms with van der Waals surface area (Å²) in [5.74, 6) is -6.91. The van der Waals surface area contributed by atoms with Crippen LogP contribution in [-0.2, 0) is 91.6 Å². The minimum absolute atomic E-state index is 0.0392. The van der Waals surface area contributed by atoms with Crippen LogP contribution in [0, 0.1) is 0 Å². The fraction of sp³-hybridized carbons (Fsp3) is 0.655. The van der Waals surface area contributed by atoms with Crippen molar-refractivity contribution in [1.82, 2.24) is 58.5 Å². The number of benzene rings is 3. The minimum atomic E-state index is -4.06. The van der Waals surface area contributed by atoms with Gasteiger partial charge in [-0.25, -0.2) is 4.57 Å². The Morgan fingerprint density at radius 3 is 1.32 bits per heavy atom. The summed E-state index contributed by atoms with van der Waals surface area (Å²) in [5, 5.41) is 186. The summed E-state index contributed by atoms with van der Waals surface area (Å²) in [6.07, 6.45) is -31.1. The van der Waals surface area contributed by atoms with Crippen molar-refractivity contribution in [3.8, 4) is 5.75 Å². The first-order valence-electron chi connectivity index (χ1n) is 44.5. The van der Waals surface area contributed by atoms with E-state index in [2.05, 4.69) is 58.0 Å². The highest BCUT2D eigenvalue weighted by atomic mass is 31.2. The van der Waals surface area contributed by atoms with Gasteiger partial charge in [0, 0.05) is 101 Å². The molecule has 135 heavy (non-hydrogen) atoms. The van der Waals surface area contributed by atoms with E-state index < -0.39 is 274 Å². The van der Waals surface area contributed by atoms with Crippen molar-refractivity contribution in [1.29, 1.82) is 0 Å². The second-order valence-electron chi connectivity index (χ2n) is 32.5. The molecule has 6 heterocycles. The van der Waals surface area contributed by atoms with Crippen LogP contribution in [0.2, 0.25) is 0 Å². The van der Waals surface area contributed by atoms with Crippen molar-refractivity contribution < 1.29 is 186 Å². The van der Waals surface area contributed by atoms with Gasteiger partial charge in [0.15, 0.2) is 25.2 Å². The highest BCUT2D eigenvalue weighted by Crippen LogP contribution is 2.43. The fourth-order valence-corrected chi connectivity index (χ4v) is 15.6. The average Bonchev–Trinajstić information content (AvgIpc) is 1.67. The van der Waals surface area contributed by atoms with Crippen LogP contribution in [0.1, 0.15) is 127 Å². The molecule has 51 heteroatoms. The average molecular weight is 1940 g/mol. The Hall–Kier alpha value is -8.86. The molecule has 3 aromatic carbocycles. The smallest absolute Gasteiger partial charge is 0.471 e. The number of phosphoric acid groups is 1. The van der Waals surface area contributed by atoms with E-state index in [1.165, 1.54) is 0 Å². The summed E-state index contributed by atoms with van der Waals surface area (Å²) >= 11 is 0. The van der Waals surface area contributed by atoms with Crippen LogP contribution in [0.25, 0.3) is 11.4 Å². The molecule has 6 aliphatic heterocycles. The largest absolute Gasteiger partial charge is 0.492 e. The summed E-state index contributed by atoms with van der Waals surface area (Å²) < 4.78 is 70.4. The van der Waals surface area contributed by atoms with Gasteiger partial charge in [0.1, 0.15) is 122 Å². The third kappa shape index (κ3) is 32.1. The van der Waals surface area contributed by atoms with E-state index in [0.717, 1.165) is 59.8 Å². The van der Waals surface area contributed by atoms with E-state index in [1.807, 2.05) is 53.5 Å². The normalized spacial score (nSPS) is 26.9. The molecule has 9 rings (SSSR count). The number of unbranched alkanes of at least 4 members (excludes halogenated alkanes) is 5. The number of hydrogen-bond donors (Lipinski definition) is 27. The van der Waals surface area contributed by atoms with Crippen LogP contribution in [0.15, 0.2) is 66.7 Å². The van der Waals surface area contributed by atoms with E-state index in [9.17, 15) is 134 Å². The van der Waals surface area contributed by atoms with Gasteiger partial charge in [0.25, 0.3) is 11.8 Å². The summed E-state index contributed by atoms with van der Waals surface area (Å²) in [6, 6.07) is 15.0. The number of amides is 9. The van der Waals surface area contributed by atoms with Gasteiger partial charge < -0.3 is 182 Å². The third-order valence-electron chi connectivity index (χ3n) is 22.8. The van der Waals surface area contributed by atoms with Crippen molar-refractivity contribution in [2.45, 2.75) is 231 Å². The summed E-state index contributed by atoms with van der Waals surface area (Å²) in [5.41, 5.74) is 10.3. The lowest BCUT2D eigenvalue weighted by molar-refractivity contribution is -0.300. The molecule has 27 N–H and O–H groups in total. The van der Waals surface area contributed by atoms with Gasteiger partial charge in [0.05, 0.1) is 89.6 Å². The van der Waals surface area contributed by atoms with E-state index in [4.69, 9.17) is 47.2 Å². The number of ether oxygens (including phenoxy) is 9. The minimum Gasteiger partial charge on any atom is -0.492 e. The van der Waals surface area contributed by atoms with Crippen molar-refractivity contribution in [2.75, 3.05) is 124 Å². The van der Waals surface area contributed by atoms with Crippen molar-refractivity contribution in [2.24, 2.45) is 0 Å². The van der Waals surface area contributed by atoms with E-state index in [0.29, 0.717) is 57.3 Å². The number of nitrogens with one attached hydrogen (secondary N) is 10. The predicted octanol–water partition coefficient (Wildman–Crippen LogP) is -8.85. The number of aliphatic hydroxyl groups excluding tert-OH is 16. The third-order valence-corrected chi connectivity index (χ3v) is 23.7. The van der Waals surface area contributed by atoms with E-state index in [-0.39, 0.29) is 89.4 Å². The predicted molar refractivity (Wildman–Crippen MR) is 463 cm³/mol. The van der Waals surface area contributed by atoms with Crippen LogP contribution < -0.4 is 63.1 Å². The zero-order valence-corrected chi connectivity index (χ0v) is 75.1. The molecule has 0 bridgehead atoms. The molecule has 50 nitrogen and oxygen atoms in total. The molecule has 4 fully saturated rings. The lowest BCUT2D eigenvalue weighted by Crippen LogP contribution is -2.59. The Kier molecular flexibility index (Phi) is 44.8. The lowest BCUT2D eigenvalue weighted by atomic mass is 9.95. The van der Waals surface area contributed by atoms with Crippen LogP contribution >= 0.6 is 7.82 Å². The molecular weight excluding hydrogens is 1820 g/mol. The summed E-state index contributed by atoms with van der Waals surface area (Å²) in [4.78, 5) is 137. The second kappa shape index (κ2) is 55.1. The van der Waals surface area contributed by atoms with Gasteiger partial charge in [-0.2, -0.15) is 0 Å². The van der Waals surface area contributed by atoms with Gasteiger partial charge >= 0.3 is 7.82 Å². The number of nitrogens with zero attached hydrogens (tertiary/aromatic N) is 2. The van der Waals surface area contributed by atoms with Crippen molar-refractivity contribution in [3.63, 3.8) is 0 Å². The molecule has 756 valence electrons. The second-order valence-corrected chi connectivity index (χ2v) is 34.0. The highest BCUT2D eigenvalue weighted by Gasteiger charge is 2.48. The number of aliphatic hydroxyl groups is 16. The molecule has 0 spiro atoms. The maximum atomic E-state index is 14.8. The zero-order valence-electron chi connectivity index (χ0n) is 74.2. The first kappa shape index (κ1) is 110. The van der Waals surface area contributed by atoms with Gasteiger partial charge in [-0.3, -0.25) is 57.2 Å². The van der Waals surface area contributed by atoms with Gasteiger partial charge in [-0.05, 0) is 68.4 Å². The Bertz CT molecular complexity index is 4240. The molecule has 9 amide bonds. The number of fused-ring (bicyclic) bond motifs is 4. The van der Waals surface area contributed by atoms with Crippen LogP contribution in [-0.4, -0.2) is 399 Å². The van der Waals surface area contributed by atoms with Crippen LogP contribution in [0.3, 0.4) is 0 Å². The molecule has 23 atom stereocenters. The molecule has 0 saturated carbocycles. The van der Waals surface area contributed by atoms with Crippen molar-refractivity contribution in [3.05, 3.63) is 94.5 Å². The van der Waals surface area contributed by atoms with Gasteiger partial charge in [-0.15, -0.1) is 5.53 Å². The number of para-hydroxylation sites is 1. The topological polar surface area (TPSA) is 743 Å². The summed E-state index contributed by atoms with van der Waals surface area (Å²) in [6.45, 7) is -5.71. The fourth-order valence-electron chi connectivity index (χ4n) is 15.2. The summed E-state index contributed by atoms with van der Waals surface area (Å²) in [7, 11) is -2.98. The monoisotopic (exact) mass is 1940 g/mol. The molecule has 4 saturated heterocycles. The Morgan fingerprint density at radius 1 is 0.444 bits per heavy atom. The molecular formula is C84H127N12O38P. The first-order valence-corrected chi connectivity index (χ1v) is 46.0. The number of hydrogen-bond acceptors (Lipinski definition) is 40. The Balaban J connectivity index is 0.876. The number of carbonyl (C=O) groups excluding carboxylic acids is 9. The number of carbonyl (C=O) groups is 9. The maximum Gasteiger partial charge on any atom is 0.471 e.